The molecule has 1 aliphatic carbocycles. The number of alkyl carbamates (subject to hydrolysis) is 5. The minimum Gasteiger partial charge on any atom is -0.484 e. The number of benzene rings is 5. The number of aliphatic carboxylic acids is 5. The number of hydrogen-bond acceptors (Lipinski definition) is 31. The summed E-state index contributed by atoms with van der Waals surface area (Å²) in [4.78, 5) is 169. The molecule has 5 aromatic carbocycles. The van der Waals surface area contributed by atoms with Crippen LogP contribution in [0.4, 0.5) is 75.7 Å². The summed E-state index contributed by atoms with van der Waals surface area (Å²) in [6.07, 6.45) is -2.90. The quantitative estimate of drug-likeness (QED) is 0.00613. The summed E-state index contributed by atoms with van der Waals surface area (Å²) in [5.74, 6) is -11.6. The highest BCUT2D eigenvalue weighted by atomic mass is 35.5. The predicted molar refractivity (Wildman–Crippen MR) is 431 cm³/mol. The van der Waals surface area contributed by atoms with Gasteiger partial charge in [0.15, 0.2) is 53.1 Å². The molecule has 0 heterocycles. The fourth-order valence-corrected chi connectivity index (χ4v) is 9.28. The van der Waals surface area contributed by atoms with Gasteiger partial charge in [0.1, 0.15) is 77.6 Å². The Morgan fingerprint density at radius 2 is 0.758 bits per heavy atom. The van der Waals surface area contributed by atoms with Crippen LogP contribution in [-0.4, -0.2) is 208 Å². The number of halogens is 5. The summed E-state index contributed by atoms with van der Waals surface area (Å²) in [5, 5.41) is 111. The van der Waals surface area contributed by atoms with Gasteiger partial charge in [0.05, 0.1) is 31.2 Å². The maximum Gasteiger partial charge on any atom is 0.408 e. The van der Waals surface area contributed by atoms with Crippen LogP contribution in [-0.2, 0) is 47.7 Å². The van der Waals surface area contributed by atoms with E-state index in [1.807, 2.05) is 10.6 Å². The maximum absolute atomic E-state index is 13.5. The first-order chi connectivity index (χ1) is 58.8. The molecule has 6 rings (SSSR count). The Morgan fingerprint density at radius 3 is 1.06 bits per heavy atom. The number of nitro groups is 5. The molecule has 1 fully saturated rings. The van der Waals surface area contributed by atoms with E-state index in [-0.39, 0.29) is 33.6 Å². The minimum absolute atomic E-state index is 0.0170. The number of carbonyl (C=O) groups is 10. The number of rotatable bonds is 33. The normalized spacial score (nSPS) is 12.7. The molecule has 5 aromatic rings. The lowest BCUT2D eigenvalue weighted by Gasteiger charge is -2.22. The summed E-state index contributed by atoms with van der Waals surface area (Å²) in [6, 6.07) is 6.72. The van der Waals surface area contributed by atoms with Crippen LogP contribution in [0.3, 0.4) is 0 Å². The summed E-state index contributed by atoms with van der Waals surface area (Å²) in [6.45, 7) is 26.3. The highest BCUT2D eigenvalue weighted by Gasteiger charge is 2.35. The molecule has 1 aliphatic rings. The van der Waals surface area contributed by atoms with Crippen molar-refractivity contribution >= 4 is 106 Å². The molecule has 1 saturated carbocycles. The Morgan fingerprint density at radius 1 is 0.438 bits per heavy atom. The van der Waals surface area contributed by atoms with Gasteiger partial charge >= 0.3 is 95.4 Å². The molecule has 5 atom stereocenters. The number of nitrogens with zero attached hydrogens (tertiary/aromatic N) is 6. The summed E-state index contributed by atoms with van der Waals surface area (Å²) in [7, 11) is 0. The van der Waals surface area contributed by atoms with E-state index in [1.54, 1.807) is 123 Å². The molecule has 47 nitrogen and oxygen atoms in total. The molecule has 0 aliphatic heterocycles. The van der Waals surface area contributed by atoms with E-state index < -0.39 is 234 Å². The molecule has 0 radical (unpaired) electrons. The standard InChI is InChI=1S/C17H22N2O7.C16H19N3O7.C15H18F2N2O8.C14H17ClN2O7.C14H16F2N2O7/c1-17(2,3)26-16(22)18-12(15(20)21)9-25-14-8-11(10-4-5-10)6-7-13(14)19(23)24;1-9-6-13(12(19(23)24)7-10(9)17-5)25-8-11(14(20)21)18-15(22)26-16(2,3)4;1-15(2,3)27-14(22)18-9(12(20)21)7-25-11-6-8(26-13(16)17)4-5-10(11)19(23)24;1-14(2,3)24-13(20)16-9(12(18)19)7-23-10-6-4-5-8(15)11(10)17(21)22;1-14(2,3)25-13(21)17-9(12(19)20)6-24-10-5-7(15)4-8(16)11(10)18(22)23/h6-8,10,12H,4-5,9H2,1-3H3,(H,18,22)(H,20,21);6-7,11H,8H2,1-4H3,(H,18,22)(H,20,21);4-6,9,13H,7H2,1-3H3,(H,18,22)(H,20,21);4-6,9H,7H2,1-3H3,(H,16,20)(H,18,19);4-5,9H,6H2,1-3H3,(H,17,21)(H,19,20)/t12-;11-;3*9-/m00000/s1. The lowest BCUT2D eigenvalue weighted by atomic mass is 10.1. The fraction of sp³-hybridized carbons (Fsp3) is 0.461. The largest absolute Gasteiger partial charge is 0.484 e. The second-order valence-corrected chi connectivity index (χ2v) is 31.5. The smallest absolute Gasteiger partial charge is 0.408 e. The third kappa shape index (κ3) is 41.5. The Labute approximate surface area is 728 Å². The zero-order valence-corrected chi connectivity index (χ0v) is 71.7. The van der Waals surface area contributed by atoms with Crippen LogP contribution < -0.4 is 55.0 Å². The van der Waals surface area contributed by atoms with Gasteiger partial charge in [0.25, 0.3) is 0 Å². The number of carboxylic acids is 5. The number of nitrogens with one attached hydrogen (secondary N) is 5. The number of amides is 5. The average molecular weight is 1850 g/mol. The first-order valence-corrected chi connectivity index (χ1v) is 37.2. The number of para-hydroxylation sites is 1. The van der Waals surface area contributed by atoms with Gasteiger partial charge in [-0.3, -0.25) is 50.6 Å². The Kier molecular flexibility index (Phi) is 41.3. The van der Waals surface area contributed by atoms with Gasteiger partial charge in [-0.05, 0) is 171 Å². The van der Waals surface area contributed by atoms with Gasteiger partial charge in [0, 0.05) is 36.4 Å². The molecule has 0 unspecified atom stereocenters. The van der Waals surface area contributed by atoms with Gasteiger partial charge in [0.2, 0.25) is 17.3 Å². The maximum atomic E-state index is 13.5. The second kappa shape index (κ2) is 48.4. The molecule has 128 heavy (non-hydrogen) atoms. The summed E-state index contributed by atoms with van der Waals surface area (Å²) >= 11 is 5.73. The lowest BCUT2D eigenvalue weighted by molar-refractivity contribution is -0.388. The average Bonchev–Trinajstić information content (AvgIpc) is 1.53. The van der Waals surface area contributed by atoms with Crippen LogP contribution in [0.15, 0.2) is 78.9 Å². The van der Waals surface area contributed by atoms with E-state index in [2.05, 4.69) is 25.5 Å². The fourth-order valence-electron chi connectivity index (χ4n) is 9.05. The molecule has 5 amide bonds. The van der Waals surface area contributed by atoms with Crippen LogP contribution in [0.1, 0.15) is 134 Å². The first-order valence-electron chi connectivity index (χ1n) is 36.8. The van der Waals surface area contributed by atoms with Crippen LogP contribution in [0.25, 0.3) is 4.85 Å². The first kappa shape index (κ1) is 109. The lowest BCUT2D eigenvalue weighted by Crippen LogP contribution is -2.46. The van der Waals surface area contributed by atoms with Crippen molar-refractivity contribution in [3.05, 3.63) is 169 Å². The zero-order valence-electron chi connectivity index (χ0n) is 71.0. The van der Waals surface area contributed by atoms with Crippen molar-refractivity contribution in [3.63, 3.8) is 0 Å². The van der Waals surface area contributed by atoms with Crippen molar-refractivity contribution in [2.24, 2.45) is 0 Å². The Hall–Kier alpha value is -14.9. The van der Waals surface area contributed by atoms with E-state index in [0.29, 0.717) is 23.6 Å². The van der Waals surface area contributed by atoms with E-state index in [9.17, 15) is 126 Å². The van der Waals surface area contributed by atoms with Crippen molar-refractivity contribution < 1.29 is 168 Å². The van der Waals surface area contributed by atoms with Gasteiger partial charge < -0.3 is 104 Å². The molecule has 52 heteroatoms. The van der Waals surface area contributed by atoms with Crippen molar-refractivity contribution in [2.45, 2.75) is 194 Å². The highest BCUT2D eigenvalue weighted by Crippen LogP contribution is 2.43. The van der Waals surface area contributed by atoms with Gasteiger partial charge in [-0.1, -0.05) is 23.7 Å². The molecule has 0 bridgehead atoms. The van der Waals surface area contributed by atoms with Crippen molar-refractivity contribution in [1.29, 1.82) is 0 Å². The van der Waals surface area contributed by atoms with E-state index >= 15 is 0 Å². The van der Waals surface area contributed by atoms with Gasteiger partial charge in [-0.2, -0.15) is 13.2 Å². The van der Waals surface area contributed by atoms with Crippen LogP contribution in [0.5, 0.6) is 34.5 Å². The minimum atomic E-state index is -3.17. The van der Waals surface area contributed by atoms with E-state index in [4.69, 9.17) is 80.9 Å². The van der Waals surface area contributed by atoms with Crippen LogP contribution in [0.2, 0.25) is 5.02 Å². The molecule has 702 valence electrons. The number of carbonyl (C=O) groups excluding carboxylic acids is 5. The molecule has 0 spiro atoms. The third-order valence-electron chi connectivity index (χ3n) is 14.5. The third-order valence-corrected chi connectivity index (χ3v) is 14.8. The number of carboxylic acid groups (broad SMARTS) is 5. The zero-order chi connectivity index (χ0) is 98.2. The number of aryl methyl sites for hydroxylation is 1. The number of alkyl halides is 2. The SMILES string of the molecule is CC(C)(C)OC(=O)N[C@@H](COc1cc(C2CC2)ccc1[N+](=O)[O-])C(=O)O.CC(C)(C)OC(=O)N[C@@H](COc1cc(F)cc(F)c1[N+](=O)[O-])C(=O)O.CC(C)(C)OC(=O)N[C@@H](COc1cc(OC(F)F)ccc1[N+](=O)[O-])C(=O)O.CC(C)(C)OC(=O)N[C@@H](COc1cccc(Cl)c1[N+](=O)[O-])C(=O)O.[C-]#[N+]c1cc([N+](=O)[O-])c(OC[C@H](NC(=O)OC(C)(C)C)C(=O)O)cc1C. The predicted octanol–water partition coefficient (Wildman–Crippen LogP) is 13.0. The summed E-state index contributed by atoms with van der Waals surface area (Å²) in [5.41, 5.74) is -5.70. The van der Waals surface area contributed by atoms with Crippen molar-refractivity contribution in [2.75, 3.05) is 33.0 Å². The summed E-state index contributed by atoms with van der Waals surface area (Å²) < 4.78 is 106. The molecule has 0 saturated heterocycles. The highest BCUT2D eigenvalue weighted by molar-refractivity contribution is 6.33. The molecule has 0 aromatic heterocycles. The second-order valence-electron chi connectivity index (χ2n) is 31.1. The topological polar surface area (TPSA) is 654 Å². The molecule has 10 N–H and O–H groups in total. The van der Waals surface area contributed by atoms with E-state index in [1.165, 1.54) is 30.3 Å². The molecular weight excluding hydrogens is 1750 g/mol. The van der Waals surface area contributed by atoms with Crippen molar-refractivity contribution in [1.82, 2.24) is 26.6 Å². The van der Waals surface area contributed by atoms with E-state index in [0.717, 1.165) is 42.7 Å². The van der Waals surface area contributed by atoms with Crippen LogP contribution in [0, 0.1) is 75.7 Å². The monoisotopic (exact) mass is 1850 g/mol. The number of hydrogen-bond donors (Lipinski definition) is 10. The number of nitro benzene ring substituents is 5. The van der Waals surface area contributed by atoms with Gasteiger partial charge in [-0.25, -0.2) is 57.2 Å². The molecular formula is C76H92ClF4N11O36. The van der Waals surface area contributed by atoms with Crippen molar-refractivity contribution in [3.8, 4) is 34.5 Å². The van der Waals surface area contributed by atoms with Crippen LogP contribution >= 0.6 is 11.6 Å². The Bertz CT molecular complexity index is 4910. The van der Waals surface area contributed by atoms with Gasteiger partial charge in [-0.15, -0.1) is 0 Å². The Balaban J connectivity index is 0.000000542. The number of ether oxygens (including phenoxy) is 11.